The molecule has 36 valence electrons. The molecule has 0 aliphatic rings. The zero-order valence-electron chi connectivity index (χ0n) is 3.72. The van der Waals surface area contributed by atoms with Gasteiger partial charge < -0.3 is 4.74 Å². The number of nitriles is 2. The summed E-state index contributed by atoms with van der Waals surface area (Å²) in [6, 6.07) is 3.46. The Bertz CT molecular complexity index is 93.8. The van der Waals surface area contributed by atoms with Crippen molar-refractivity contribution in [3.63, 3.8) is 0 Å². The predicted octanol–water partition coefficient (Wildman–Crippen LogP) is 0.0502. The molecule has 0 aliphatic carbocycles. The van der Waals surface area contributed by atoms with Crippen LogP contribution in [0.25, 0.3) is 0 Å². The zero-order valence-corrected chi connectivity index (χ0v) is 3.72. The van der Waals surface area contributed by atoms with Crippen LogP contribution in [0, 0.1) is 22.7 Å². The van der Waals surface area contributed by atoms with Gasteiger partial charge in [0.1, 0.15) is 13.2 Å². The highest BCUT2D eigenvalue weighted by atomic mass is 16.5. The number of hydrogen-bond donors (Lipinski definition) is 0. The fourth-order valence-electron chi connectivity index (χ4n) is 0.142. The third kappa shape index (κ3) is 4.94. The molecule has 0 N–H and O–H groups in total. The van der Waals surface area contributed by atoms with Crippen molar-refractivity contribution in [2.24, 2.45) is 0 Å². The summed E-state index contributed by atoms with van der Waals surface area (Å²) in [7, 11) is 0. The molecule has 0 aliphatic heterocycles. The van der Waals surface area contributed by atoms with E-state index in [0.717, 1.165) is 0 Å². The van der Waals surface area contributed by atoms with Crippen LogP contribution in [-0.2, 0) is 4.74 Å². The molecule has 3 nitrogen and oxygen atoms in total. The lowest BCUT2D eigenvalue weighted by molar-refractivity contribution is 0.202. The lowest BCUT2D eigenvalue weighted by Gasteiger charge is -1.82. The van der Waals surface area contributed by atoms with Gasteiger partial charge in [-0.2, -0.15) is 10.5 Å². The highest BCUT2D eigenvalue weighted by Crippen LogP contribution is 1.65. The predicted molar refractivity (Wildman–Crippen MR) is 22.0 cm³/mol. The smallest absolute Gasteiger partial charge is 0.135 e. The Morgan fingerprint density at radius 3 is 1.86 bits per heavy atom. The van der Waals surface area contributed by atoms with Crippen LogP contribution in [0.2, 0.25) is 0 Å². The molecule has 0 aromatic rings. The number of rotatable bonds is 2. The van der Waals surface area contributed by atoms with E-state index in [0.29, 0.717) is 0 Å². The van der Waals surface area contributed by atoms with Crippen molar-refractivity contribution in [3.05, 3.63) is 0 Å². The van der Waals surface area contributed by atoms with Gasteiger partial charge in [-0.1, -0.05) is 0 Å². The van der Waals surface area contributed by atoms with E-state index in [2.05, 4.69) is 4.74 Å². The van der Waals surface area contributed by atoms with E-state index < -0.39 is 0 Å². The zero-order chi connectivity index (χ0) is 5.54. The van der Waals surface area contributed by atoms with E-state index in [1.165, 1.54) is 0 Å². The Kier molecular flexibility index (Phi) is 4.19. The Hall–Kier alpha value is -1.06. The summed E-state index contributed by atoms with van der Waals surface area (Å²) in [6.07, 6.45) is 0. The van der Waals surface area contributed by atoms with Gasteiger partial charge >= 0.3 is 0 Å². The van der Waals surface area contributed by atoms with Crippen molar-refractivity contribution in [2.75, 3.05) is 13.2 Å². The summed E-state index contributed by atoms with van der Waals surface area (Å²) in [6.45, 7) is 0.0150. The summed E-state index contributed by atoms with van der Waals surface area (Å²) in [5, 5.41) is 15.6. The van der Waals surface area contributed by atoms with Crippen LogP contribution in [0.4, 0.5) is 0 Å². The molecule has 0 unspecified atom stereocenters. The first-order valence-corrected chi connectivity index (χ1v) is 1.73. The molecule has 0 saturated carbocycles. The molecule has 0 heterocycles. The van der Waals surface area contributed by atoms with Gasteiger partial charge in [-0.25, -0.2) is 0 Å². The van der Waals surface area contributed by atoms with Crippen LogP contribution >= 0.6 is 0 Å². The standard InChI is InChI=1S/C4H4N2O/c5-1-3-7-4-2-6/h3-4H2. The average Bonchev–Trinajstić information content (AvgIpc) is 1.69. The molecule has 0 spiro atoms. The molecule has 0 radical (unpaired) electrons. The van der Waals surface area contributed by atoms with Crippen LogP contribution in [-0.4, -0.2) is 13.2 Å². The van der Waals surface area contributed by atoms with Gasteiger partial charge in [-0.3, -0.25) is 0 Å². The quantitative estimate of drug-likeness (QED) is 0.456. The SMILES string of the molecule is N#CCOCC#N. The van der Waals surface area contributed by atoms with Gasteiger partial charge in [0.25, 0.3) is 0 Å². The van der Waals surface area contributed by atoms with E-state index >= 15 is 0 Å². The average molecular weight is 96.1 g/mol. The molecular weight excluding hydrogens is 92.1 g/mol. The Morgan fingerprint density at radius 1 is 1.14 bits per heavy atom. The minimum absolute atomic E-state index is 0.00750. The van der Waals surface area contributed by atoms with Crippen molar-refractivity contribution in [2.45, 2.75) is 0 Å². The van der Waals surface area contributed by atoms with Gasteiger partial charge in [0.05, 0.1) is 12.1 Å². The second kappa shape index (κ2) is 4.94. The maximum absolute atomic E-state index is 7.81. The maximum atomic E-state index is 7.81. The summed E-state index contributed by atoms with van der Waals surface area (Å²) in [5.74, 6) is 0. The second-order valence-corrected chi connectivity index (χ2v) is 0.809. The topological polar surface area (TPSA) is 56.8 Å². The Labute approximate surface area is 41.7 Å². The minimum Gasteiger partial charge on any atom is -0.352 e. The van der Waals surface area contributed by atoms with E-state index in [1.54, 1.807) is 12.1 Å². The third-order valence-electron chi connectivity index (χ3n) is 0.333. The number of ether oxygens (including phenoxy) is 1. The molecule has 0 aromatic heterocycles. The summed E-state index contributed by atoms with van der Waals surface area (Å²) in [4.78, 5) is 0. The fourth-order valence-corrected chi connectivity index (χ4v) is 0.142. The van der Waals surface area contributed by atoms with Crippen molar-refractivity contribution in [1.82, 2.24) is 0 Å². The van der Waals surface area contributed by atoms with Gasteiger partial charge in [0.2, 0.25) is 0 Å². The van der Waals surface area contributed by atoms with Gasteiger partial charge in [-0.15, -0.1) is 0 Å². The van der Waals surface area contributed by atoms with Crippen molar-refractivity contribution >= 4 is 0 Å². The molecule has 0 atom stereocenters. The van der Waals surface area contributed by atoms with Crippen LogP contribution in [0.5, 0.6) is 0 Å². The molecule has 0 saturated heterocycles. The van der Waals surface area contributed by atoms with Crippen LogP contribution in [0.1, 0.15) is 0 Å². The molecular formula is C4H4N2O. The monoisotopic (exact) mass is 96.0 g/mol. The number of hydrogen-bond acceptors (Lipinski definition) is 3. The Morgan fingerprint density at radius 2 is 1.57 bits per heavy atom. The summed E-state index contributed by atoms with van der Waals surface area (Å²) in [5.41, 5.74) is 0. The van der Waals surface area contributed by atoms with Crippen molar-refractivity contribution in [3.8, 4) is 12.1 Å². The van der Waals surface area contributed by atoms with Crippen molar-refractivity contribution in [1.29, 1.82) is 10.5 Å². The minimum atomic E-state index is 0.00750. The molecule has 0 bridgehead atoms. The normalized spacial score (nSPS) is 6.57. The molecule has 0 aromatic carbocycles. The molecule has 0 fully saturated rings. The largest absolute Gasteiger partial charge is 0.352 e. The molecule has 7 heavy (non-hydrogen) atoms. The van der Waals surface area contributed by atoms with Crippen LogP contribution < -0.4 is 0 Å². The first kappa shape index (κ1) is 5.94. The fraction of sp³-hybridized carbons (Fsp3) is 0.500. The summed E-state index contributed by atoms with van der Waals surface area (Å²) < 4.78 is 4.41. The lowest BCUT2D eigenvalue weighted by Crippen LogP contribution is -1.89. The van der Waals surface area contributed by atoms with E-state index in [4.69, 9.17) is 10.5 Å². The third-order valence-corrected chi connectivity index (χ3v) is 0.333. The molecule has 3 heteroatoms. The maximum Gasteiger partial charge on any atom is 0.135 e. The molecule has 0 rings (SSSR count). The van der Waals surface area contributed by atoms with E-state index in [-0.39, 0.29) is 13.2 Å². The first-order valence-electron chi connectivity index (χ1n) is 1.73. The summed E-state index contributed by atoms with van der Waals surface area (Å²) >= 11 is 0. The lowest BCUT2D eigenvalue weighted by atomic mass is 10.8. The van der Waals surface area contributed by atoms with E-state index in [1.807, 2.05) is 0 Å². The van der Waals surface area contributed by atoms with Gasteiger partial charge in [0.15, 0.2) is 0 Å². The molecule has 0 amide bonds. The number of nitrogens with zero attached hydrogens (tertiary/aromatic N) is 2. The second-order valence-electron chi connectivity index (χ2n) is 0.809. The highest BCUT2D eigenvalue weighted by Gasteiger charge is 1.76. The Balaban J connectivity index is 2.77. The van der Waals surface area contributed by atoms with Gasteiger partial charge in [-0.05, 0) is 0 Å². The first-order chi connectivity index (χ1) is 3.41. The van der Waals surface area contributed by atoms with E-state index in [9.17, 15) is 0 Å². The van der Waals surface area contributed by atoms with Crippen molar-refractivity contribution < 1.29 is 4.74 Å². The highest BCUT2D eigenvalue weighted by molar-refractivity contribution is 4.71. The van der Waals surface area contributed by atoms with Crippen LogP contribution in [0.3, 0.4) is 0 Å². The van der Waals surface area contributed by atoms with Crippen LogP contribution in [0.15, 0.2) is 0 Å². The van der Waals surface area contributed by atoms with Gasteiger partial charge in [0, 0.05) is 0 Å².